The molecule has 1 N–H and O–H groups in total. The fraction of sp³-hybridized carbons (Fsp3) is 0.474. The maximum Gasteiger partial charge on any atom is 0.251 e. The highest BCUT2D eigenvalue weighted by Gasteiger charge is 2.07. The molecule has 0 bridgehead atoms. The molecule has 0 aliphatic carbocycles. The second-order valence-corrected chi connectivity index (χ2v) is 6.75. The van der Waals surface area contributed by atoms with Crippen molar-refractivity contribution in [2.75, 3.05) is 0 Å². The molecule has 0 aliphatic heterocycles. The van der Waals surface area contributed by atoms with Gasteiger partial charge in [0.1, 0.15) is 0 Å². The van der Waals surface area contributed by atoms with Crippen molar-refractivity contribution in [3.05, 3.63) is 53.3 Å². The Bertz CT molecular complexity index is 626. The van der Waals surface area contributed by atoms with Gasteiger partial charge in [0.15, 0.2) is 0 Å². The van der Waals surface area contributed by atoms with Gasteiger partial charge in [-0.1, -0.05) is 39.8 Å². The van der Waals surface area contributed by atoms with E-state index in [-0.39, 0.29) is 5.91 Å². The van der Waals surface area contributed by atoms with E-state index in [0.29, 0.717) is 23.9 Å². The Balaban J connectivity index is 1.86. The maximum atomic E-state index is 12.2. The van der Waals surface area contributed by atoms with Crippen LogP contribution >= 0.6 is 0 Å². The average Bonchev–Trinajstić information content (AvgIpc) is 2.98. The number of benzene rings is 1. The molecular weight excluding hydrogens is 286 g/mol. The molecule has 4 nitrogen and oxygen atoms in total. The van der Waals surface area contributed by atoms with Gasteiger partial charge in [0.25, 0.3) is 5.91 Å². The van der Waals surface area contributed by atoms with Crippen LogP contribution in [0, 0.1) is 5.92 Å². The van der Waals surface area contributed by atoms with Gasteiger partial charge in [-0.3, -0.25) is 9.48 Å². The normalized spacial score (nSPS) is 11.2. The molecule has 1 aromatic carbocycles. The molecule has 1 amide bonds. The number of aryl methyl sites for hydroxylation is 1. The molecule has 0 spiro atoms. The van der Waals surface area contributed by atoms with Crippen LogP contribution in [-0.4, -0.2) is 15.7 Å². The zero-order valence-electron chi connectivity index (χ0n) is 14.5. The number of carbonyl (C=O) groups excluding carboxylic acids is 1. The molecule has 0 aliphatic rings. The molecule has 0 atom stereocenters. The molecule has 4 heteroatoms. The highest BCUT2D eigenvalue weighted by molar-refractivity contribution is 5.94. The number of carbonyl (C=O) groups is 1. The second kappa shape index (κ2) is 7.95. The van der Waals surface area contributed by atoms with Crippen molar-refractivity contribution < 1.29 is 4.79 Å². The average molecular weight is 313 g/mol. The topological polar surface area (TPSA) is 46.9 Å². The lowest BCUT2D eigenvalue weighted by molar-refractivity contribution is 0.0951. The third-order valence-electron chi connectivity index (χ3n) is 3.91. The number of hydrogen-bond acceptors (Lipinski definition) is 2. The number of rotatable bonds is 7. The largest absolute Gasteiger partial charge is 0.348 e. The Labute approximate surface area is 138 Å². The van der Waals surface area contributed by atoms with Gasteiger partial charge >= 0.3 is 0 Å². The zero-order valence-corrected chi connectivity index (χ0v) is 14.5. The van der Waals surface area contributed by atoms with Crippen molar-refractivity contribution in [3.8, 4) is 0 Å². The van der Waals surface area contributed by atoms with E-state index >= 15 is 0 Å². The first kappa shape index (κ1) is 17.3. The third kappa shape index (κ3) is 5.23. The molecule has 0 unspecified atom stereocenters. The minimum atomic E-state index is -0.0461. The van der Waals surface area contributed by atoms with Gasteiger partial charge in [0.05, 0.1) is 6.20 Å². The third-order valence-corrected chi connectivity index (χ3v) is 3.91. The quantitative estimate of drug-likeness (QED) is 0.840. The molecule has 2 aromatic rings. The Morgan fingerprint density at radius 3 is 2.48 bits per heavy atom. The van der Waals surface area contributed by atoms with Crippen LogP contribution < -0.4 is 5.32 Å². The minimum absolute atomic E-state index is 0.0461. The Morgan fingerprint density at radius 2 is 1.87 bits per heavy atom. The Hall–Kier alpha value is -2.10. The van der Waals surface area contributed by atoms with E-state index in [1.54, 1.807) is 0 Å². The summed E-state index contributed by atoms with van der Waals surface area (Å²) in [6, 6.07) is 7.81. The SMILES string of the molecule is CC(C)CCn1cc(CNC(=O)c2ccc(C(C)C)cc2)cn1. The van der Waals surface area contributed by atoms with Crippen molar-refractivity contribution in [3.63, 3.8) is 0 Å². The van der Waals surface area contributed by atoms with Crippen LogP contribution in [0.1, 0.15) is 61.5 Å². The van der Waals surface area contributed by atoms with Gasteiger partial charge in [-0.25, -0.2) is 0 Å². The summed E-state index contributed by atoms with van der Waals surface area (Å²) in [5, 5.41) is 7.29. The molecular formula is C19H27N3O. The lowest BCUT2D eigenvalue weighted by atomic mass is 10.0. The van der Waals surface area contributed by atoms with Crippen LogP contribution in [0.15, 0.2) is 36.7 Å². The highest BCUT2D eigenvalue weighted by atomic mass is 16.1. The van der Waals surface area contributed by atoms with Crippen LogP contribution in [0.3, 0.4) is 0 Å². The van der Waals surface area contributed by atoms with E-state index in [1.165, 1.54) is 5.56 Å². The van der Waals surface area contributed by atoms with Crippen LogP contribution in [-0.2, 0) is 13.1 Å². The first-order chi connectivity index (χ1) is 11.0. The van der Waals surface area contributed by atoms with E-state index in [2.05, 4.69) is 38.1 Å². The number of nitrogens with zero attached hydrogens (tertiary/aromatic N) is 2. The smallest absolute Gasteiger partial charge is 0.251 e. The van der Waals surface area contributed by atoms with Crippen LogP contribution in [0.2, 0.25) is 0 Å². The first-order valence-electron chi connectivity index (χ1n) is 8.35. The lowest BCUT2D eigenvalue weighted by Crippen LogP contribution is -2.22. The number of amides is 1. The Kier molecular flexibility index (Phi) is 5.97. The molecule has 0 fully saturated rings. The van der Waals surface area contributed by atoms with Crippen molar-refractivity contribution >= 4 is 5.91 Å². The summed E-state index contributed by atoms with van der Waals surface area (Å²) in [6.45, 7) is 10.1. The van der Waals surface area contributed by atoms with Gasteiger partial charge in [-0.2, -0.15) is 5.10 Å². The lowest BCUT2D eigenvalue weighted by Gasteiger charge is -2.07. The Morgan fingerprint density at radius 1 is 1.17 bits per heavy atom. The minimum Gasteiger partial charge on any atom is -0.348 e. The molecule has 2 rings (SSSR count). The van der Waals surface area contributed by atoms with E-state index < -0.39 is 0 Å². The number of nitrogens with one attached hydrogen (secondary N) is 1. The van der Waals surface area contributed by atoms with Gasteiger partial charge in [-0.15, -0.1) is 0 Å². The van der Waals surface area contributed by atoms with E-state index in [4.69, 9.17) is 0 Å². The fourth-order valence-electron chi connectivity index (χ4n) is 2.31. The summed E-state index contributed by atoms with van der Waals surface area (Å²) < 4.78 is 1.94. The van der Waals surface area contributed by atoms with Crippen molar-refractivity contribution in [2.45, 2.75) is 53.1 Å². The van der Waals surface area contributed by atoms with Gasteiger partial charge in [0, 0.05) is 30.4 Å². The molecule has 1 aromatic heterocycles. The molecule has 124 valence electrons. The summed E-state index contributed by atoms with van der Waals surface area (Å²) in [7, 11) is 0. The highest BCUT2D eigenvalue weighted by Crippen LogP contribution is 2.14. The van der Waals surface area contributed by atoms with E-state index in [1.807, 2.05) is 41.3 Å². The van der Waals surface area contributed by atoms with E-state index in [0.717, 1.165) is 18.5 Å². The molecule has 0 saturated carbocycles. The van der Waals surface area contributed by atoms with Gasteiger partial charge < -0.3 is 5.32 Å². The van der Waals surface area contributed by atoms with Crippen molar-refractivity contribution in [1.82, 2.24) is 15.1 Å². The molecule has 1 heterocycles. The van der Waals surface area contributed by atoms with Crippen LogP contribution in [0.25, 0.3) is 0 Å². The first-order valence-corrected chi connectivity index (χ1v) is 8.35. The predicted molar refractivity (Wildman–Crippen MR) is 93.4 cm³/mol. The van der Waals surface area contributed by atoms with Crippen LogP contribution in [0.4, 0.5) is 0 Å². The number of hydrogen-bond donors (Lipinski definition) is 1. The standard InChI is InChI=1S/C19H27N3O/c1-14(2)9-10-22-13-16(12-21-22)11-20-19(23)18-7-5-17(6-8-18)15(3)4/h5-8,12-15H,9-11H2,1-4H3,(H,20,23). The second-order valence-electron chi connectivity index (χ2n) is 6.75. The van der Waals surface area contributed by atoms with Crippen molar-refractivity contribution in [2.24, 2.45) is 5.92 Å². The summed E-state index contributed by atoms with van der Waals surface area (Å²) >= 11 is 0. The molecule has 0 radical (unpaired) electrons. The predicted octanol–water partition coefficient (Wildman–Crippen LogP) is 3.98. The summed E-state index contributed by atoms with van der Waals surface area (Å²) in [4.78, 5) is 12.2. The molecule has 0 saturated heterocycles. The van der Waals surface area contributed by atoms with Crippen molar-refractivity contribution in [1.29, 1.82) is 0 Å². The van der Waals surface area contributed by atoms with Gasteiger partial charge in [0.2, 0.25) is 0 Å². The fourth-order valence-corrected chi connectivity index (χ4v) is 2.31. The summed E-state index contributed by atoms with van der Waals surface area (Å²) in [6.07, 6.45) is 4.93. The van der Waals surface area contributed by atoms with Crippen LogP contribution in [0.5, 0.6) is 0 Å². The monoisotopic (exact) mass is 313 g/mol. The number of aromatic nitrogens is 2. The van der Waals surface area contributed by atoms with Gasteiger partial charge in [-0.05, 0) is 36.0 Å². The zero-order chi connectivity index (χ0) is 16.8. The molecule has 23 heavy (non-hydrogen) atoms. The van der Waals surface area contributed by atoms with E-state index in [9.17, 15) is 4.79 Å². The summed E-state index contributed by atoms with van der Waals surface area (Å²) in [5.74, 6) is 1.09. The summed E-state index contributed by atoms with van der Waals surface area (Å²) in [5.41, 5.74) is 2.97. The maximum absolute atomic E-state index is 12.2.